The molecule has 1 fully saturated rings. The monoisotopic (exact) mass is 296 g/mol. The number of amides is 3. The Kier molecular flexibility index (Phi) is 4.29. The van der Waals surface area contributed by atoms with E-state index in [1.54, 1.807) is 20.9 Å². The molecule has 118 valence electrons. The molecule has 0 aromatic carbocycles. The van der Waals surface area contributed by atoms with E-state index in [4.69, 9.17) is 4.74 Å². The molecule has 2 heterocycles. The van der Waals surface area contributed by atoms with Crippen LogP contribution in [0.4, 0.5) is 9.59 Å². The van der Waals surface area contributed by atoms with Gasteiger partial charge in [0, 0.05) is 45.6 Å². The fourth-order valence-electron chi connectivity index (χ4n) is 2.24. The molecule has 7 heteroatoms. The van der Waals surface area contributed by atoms with Crippen LogP contribution in [0.15, 0.2) is 12.4 Å². The van der Waals surface area contributed by atoms with E-state index in [0.29, 0.717) is 32.8 Å². The van der Waals surface area contributed by atoms with Gasteiger partial charge in [0.15, 0.2) is 0 Å². The summed E-state index contributed by atoms with van der Waals surface area (Å²) in [6.07, 6.45) is 3.34. The van der Waals surface area contributed by atoms with E-state index in [1.807, 2.05) is 38.9 Å². The van der Waals surface area contributed by atoms with Gasteiger partial charge in [0.2, 0.25) is 0 Å². The zero-order valence-electron chi connectivity index (χ0n) is 13.2. The second-order valence-electron chi connectivity index (χ2n) is 6.40. The van der Waals surface area contributed by atoms with Gasteiger partial charge in [-0.1, -0.05) is 0 Å². The zero-order valence-corrected chi connectivity index (χ0v) is 13.2. The lowest BCUT2D eigenvalue weighted by atomic mass is 10.2. The van der Waals surface area contributed by atoms with E-state index in [9.17, 15) is 9.59 Å². The van der Waals surface area contributed by atoms with Crippen LogP contribution in [0, 0.1) is 0 Å². The van der Waals surface area contributed by atoms with Gasteiger partial charge in [0.25, 0.3) is 0 Å². The molecule has 7 nitrogen and oxygen atoms in total. The van der Waals surface area contributed by atoms with Gasteiger partial charge in [0.1, 0.15) is 5.60 Å². The summed E-state index contributed by atoms with van der Waals surface area (Å²) in [7, 11) is 1.92. The van der Waals surface area contributed by atoms with Crippen LogP contribution in [-0.4, -0.2) is 77.2 Å². The molecule has 1 saturated heterocycles. The van der Waals surface area contributed by atoms with Gasteiger partial charge in [-0.2, -0.15) is 0 Å². The fourth-order valence-corrected chi connectivity index (χ4v) is 2.24. The van der Waals surface area contributed by atoms with Crippen LogP contribution < -0.4 is 0 Å². The van der Waals surface area contributed by atoms with Crippen molar-refractivity contribution in [1.29, 1.82) is 0 Å². The number of rotatable bonds is 0. The second kappa shape index (κ2) is 5.83. The molecule has 0 unspecified atom stereocenters. The number of carbonyl (C=O) groups excluding carboxylic acids is 2. The van der Waals surface area contributed by atoms with E-state index in [0.717, 1.165) is 0 Å². The molecule has 0 bridgehead atoms. The average Bonchev–Trinajstić information content (AvgIpc) is 2.83. The summed E-state index contributed by atoms with van der Waals surface area (Å²) in [6.45, 7) is 8.20. The summed E-state index contributed by atoms with van der Waals surface area (Å²) in [5.41, 5.74) is -0.491. The van der Waals surface area contributed by atoms with Gasteiger partial charge in [0.05, 0.1) is 6.67 Å². The van der Waals surface area contributed by atoms with Gasteiger partial charge in [-0.05, 0) is 20.8 Å². The highest BCUT2D eigenvalue weighted by Crippen LogP contribution is 2.14. The third-order valence-corrected chi connectivity index (χ3v) is 3.32. The van der Waals surface area contributed by atoms with Crippen LogP contribution in [0.25, 0.3) is 0 Å². The first-order valence-corrected chi connectivity index (χ1v) is 7.18. The maximum absolute atomic E-state index is 12.3. The predicted octanol–water partition coefficient (Wildman–Crippen LogP) is 1.34. The van der Waals surface area contributed by atoms with Gasteiger partial charge in [-0.25, -0.2) is 9.59 Å². The predicted molar refractivity (Wildman–Crippen MR) is 78.4 cm³/mol. The van der Waals surface area contributed by atoms with Crippen LogP contribution in [0.2, 0.25) is 0 Å². The van der Waals surface area contributed by atoms with E-state index < -0.39 is 5.60 Å². The number of hydrogen-bond donors (Lipinski definition) is 0. The lowest BCUT2D eigenvalue weighted by Gasteiger charge is -2.36. The normalized spacial score (nSPS) is 19.2. The first-order chi connectivity index (χ1) is 9.76. The largest absolute Gasteiger partial charge is 0.444 e. The minimum Gasteiger partial charge on any atom is -0.444 e. The Hall–Kier alpha value is -1.92. The van der Waals surface area contributed by atoms with Gasteiger partial charge in [-0.3, -0.25) is 4.90 Å². The first-order valence-electron chi connectivity index (χ1n) is 7.18. The second-order valence-corrected chi connectivity index (χ2v) is 6.40. The van der Waals surface area contributed by atoms with E-state index in [-0.39, 0.29) is 12.1 Å². The Morgan fingerprint density at radius 2 is 1.57 bits per heavy atom. The number of hydrogen-bond acceptors (Lipinski definition) is 4. The number of urea groups is 1. The highest BCUT2D eigenvalue weighted by Gasteiger charge is 2.30. The van der Waals surface area contributed by atoms with Crippen molar-refractivity contribution in [2.45, 2.75) is 26.4 Å². The molecule has 0 aromatic heterocycles. The Bertz CT molecular complexity index is 436. The number of nitrogens with zero attached hydrogens (tertiary/aromatic N) is 4. The smallest absolute Gasteiger partial charge is 0.410 e. The highest BCUT2D eigenvalue weighted by atomic mass is 16.6. The molecule has 0 N–H and O–H groups in total. The van der Waals surface area contributed by atoms with Crippen LogP contribution in [-0.2, 0) is 4.74 Å². The van der Waals surface area contributed by atoms with Gasteiger partial charge in [-0.15, -0.1) is 0 Å². The molecule has 2 rings (SSSR count). The van der Waals surface area contributed by atoms with Crippen molar-refractivity contribution in [3.8, 4) is 0 Å². The van der Waals surface area contributed by atoms with Crippen molar-refractivity contribution in [1.82, 2.24) is 19.6 Å². The lowest BCUT2D eigenvalue weighted by molar-refractivity contribution is 0.0161. The van der Waals surface area contributed by atoms with Crippen LogP contribution >= 0.6 is 0 Å². The number of carbonyl (C=O) groups is 2. The highest BCUT2D eigenvalue weighted by molar-refractivity contribution is 5.76. The SMILES string of the molecule is CN1C=CN(C(=O)N2CCN(C(=O)OC(C)(C)C)CC2)C1. The Morgan fingerprint density at radius 3 is 2.05 bits per heavy atom. The molecule has 0 radical (unpaired) electrons. The summed E-state index contributed by atoms with van der Waals surface area (Å²) in [5.74, 6) is 0. The van der Waals surface area contributed by atoms with Gasteiger partial charge < -0.3 is 19.4 Å². The van der Waals surface area contributed by atoms with Crippen molar-refractivity contribution in [3.05, 3.63) is 12.4 Å². The quantitative estimate of drug-likeness (QED) is 0.677. The van der Waals surface area contributed by atoms with E-state index in [2.05, 4.69) is 0 Å². The average molecular weight is 296 g/mol. The summed E-state index contributed by atoms with van der Waals surface area (Å²) in [6, 6.07) is -0.0144. The van der Waals surface area contributed by atoms with Gasteiger partial charge >= 0.3 is 12.1 Å². The molecule has 0 aliphatic carbocycles. The van der Waals surface area contributed by atoms with Crippen molar-refractivity contribution in [3.63, 3.8) is 0 Å². The summed E-state index contributed by atoms with van der Waals surface area (Å²) in [5, 5.41) is 0. The van der Waals surface area contributed by atoms with Crippen LogP contribution in [0.1, 0.15) is 20.8 Å². The molecule has 3 amide bonds. The summed E-state index contributed by atoms with van der Waals surface area (Å²) < 4.78 is 5.34. The van der Waals surface area contributed by atoms with Crippen LogP contribution in [0.5, 0.6) is 0 Å². The molecule has 2 aliphatic heterocycles. The van der Waals surface area contributed by atoms with Crippen LogP contribution in [0.3, 0.4) is 0 Å². The number of ether oxygens (including phenoxy) is 1. The minimum atomic E-state index is -0.491. The molecule has 0 saturated carbocycles. The maximum Gasteiger partial charge on any atom is 0.410 e. The van der Waals surface area contributed by atoms with Crippen molar-refractivity contribution in [2.24, 2.45) is 0 Å². The van der Waals surface area contributed by atoms with E-state index >= 15 is 0 Å². The number of piperazine rings is 1. The third-order valence-electron chi connectivity index (χ3n) is 3.32. The van der Waals surface area contributed by atoms with E-state index in [1.165, 1.54) is 0 Å². The summed E-state index contributed by atoms with van der Waals surface area (Å²) in [4.78, 5) is 31.3. The Labute approximate surface area is 125 Å². The standard InChI is InChI=1S/C14H24N4O3/c1-14(2,3)21-13(20)17-9-7-16(8-10-17)12(19)18-6-5-15(4)11-18/h5-6H,7-11H2,1-4H3. The van der Waals surface area contributed by atoms with Crippen molar-refractivity contribution < 1.29 is 14.3 Å². The van der Waals surface area contributed by atoms with Crippen molar-refractivity contribution in [2.75, 3.05) is 39.9 Å². The fraction of sp³-hybridized carbons (Fsp3) is 0.714. The molecular formula is C14H24N4O3. The minimum absolute atomic E-state index is 0.0144. The topological polar surface area (TPSA) is 56.3 Å². The molecular weight excluding hydrogens is 272 g/mol. The first kappa shape index (κ1) is 15.5. The zero-order chi connectivity index (χ0) is 15.6. The maximum atomic E-state index is 12.3. The third kappa shape index (κ3) is 4.03. The molecule has 0 aromatic rings. The molecule has 2 aliphatic rings. The Balaban J connectivity index is 1.82. The Morgan fingerprint density at radius 1 is 1.00 bits per heavy atom. The molecule has 0 spiro atoms. The lowest BCUT2D eigenvalue weighted by Crippen LogP contribution is -2.54. The molecule has 0 atom stereocenters. The molecule has 21 heavy (non-hydrogen) atoms. The van der Waals surface area contributed by atoms with Crippen molar-refractivity contribution >= 4 is 12.1 Å². The summed E-state index contributed by atoms with van der Waals surface area (Å²) >= 11 is 0.